The van der Waals surface area contributed by atoms with Crippen molar-refractivity contribution in [2.45, 2.75) is 52.7 Å². The summed E-state index contributed by atoms with van der Waals surface area (Å²) >= 11 is 0. The third kappa shape index (κ3) is 5.52. The lowest BCUT2D eigenvalue weighted by molar-refractivity contribution is 0.0185. The summed E-state index contributed by atoms with van der Waals surface area (Å²) in [5.74, 6) is 0.926. The molecule has 0 saturated carbocycles. The van der Waals surface area contributed by atoms with Gasteiger partial charge < -0.3 is 14.8 Å². The lowest BCUT2D eigenvalue weighted by atomic mass is 10.1. The summed E-state index contributed by atoms with van der Waals surface area (Å²) < 4.78 is 11.1. The molecule has 0 fully saturated rings. The summed E-state index contributed by atoms with van der Waals surface area (Å²) in [4.78, 5) is 0. The Labute approximate surface area is 117 Å². The monoisotopic (exact) mass is 265 g/mol. The second-order valence-corrected chi connectivity index (χ2v) is 5.78. The molecule has 19 heavy (non-hydrogen) atoms. The first-order chi connectivity index (χ1) is 8.84. The quantitative estimate of drug-likeness (QED) is 0.808. The van der Waals surface area contributed by atoms with Crippen molar-refractivity contribution in [1.29, 1.82) is 0 Å². The zero-order valence-corrected chi connectivity index (χ0v) is 13.0. The molecule has 0 heterocycles. The molecule has 3 nitrogen and oxygen atoms in total. The number of benzene rings is 1. The van der Waals surface area contributed by atoms with E-state index in [0.717, 1.165) is 24.4 Å². The van der Waals surface area contributed by atoms with Crippen LogP contribution in [0, 0.1) is 6.92 Å². The average Bonchev–Trinajstić information content (AvgIpc) is 2.31. The van der Waals surface area contributed by atoms with Crippen LogP contribution in [0.25, 0.3) is 0 Å². The number of ether oxygens (including phenoxy) is 2. The molecule has 0 saturated heterocycles. The van der Waals surface area contributed by atoms with E-state index in [0.29, 0.717) is 0 Å². The molecule has 0 amide bonds. The molecule has 108 valence electrons. The Bertz CT molecular complexity index is 400. The summed E-state index contributed by atoms with van der Waals surface area (Å²) in [5, 5.41) is 3.45. The van der Waals surface area contributed by atoms with Crippen LogP contribution >= 0.6 is 0 Å². The van der Waals surface area contributed by atoms with Gasteiger partial charge in [-0.15, -0.1) is 0 Å². The topological polar surface area (TPSA) is 30.5 Å². The number of methoxy groups -OCH3 is 1. The van der Waals surface area contributed by atoms with E-state index < -0.39 is 0 Å². The van der Waals surface area contributed by atoms with E-state index in [1.54, 1.807) is 7.11 Å². The average molecular weight is 265 g/mol. The van der Waals surface area contributed by atoms with Crippen LogP contribution < -0.4 is 10.1 Å². The van der Waals surface area contributed by atoms with E-state index in [1.165, 1.54) is 5.56 Å². The first kappa shape index (κ1) is 15.8. The van der Waals surface area contributed by atoms with Gasteiger partial charge in [0.15, 0.2) is 0 Å². The van der Waals surface area contributed by atoms with Crippen molar-refractivity contribution < 1.29 is 9.47 Å². The lowest BCUT2D eigenvalue weighted by Crippen LogP contribution is -2.25. The molecule has 0 aliphatic carbocycles. The minimum atomic E-state index is -0.0817. The Kier molecular flexibility index (Phi) is 5.67. The van der Waals surface area contributed by atoms with E-state index in [1.807, 2.05) is 19.9 Å². The van der Waals surface area contributed by atoms with Crippen molar-refractivity contribution in [3.63, 3.8) is 0 Å². The van der Waals surface area contributed by atoms with Crippen molar-refractivity contribution in [2.75, 3.05) is 19.0 Å². The molecule has 1 aromatic rings. The molecule has 0 bridgehead atoms. The second-order valence-electron chi connectivity index (χ2n) is 5.78. The van der Waals surface area contributed by atoms with Gasteiger partial charge in [0, 0.05) is 19.3 Å². The SMILES string of the molecule is COC(C)(C)CCNc1ccc(OC(C)C)cc1C. The van der Waals surface area contributed by atoms with Gasteiger partial charge in [-0.1, -0.05) is 0 Å². The van der Waals surface area contributed by atoms with Gasteiger partial charge in [-0.25, -0.2) is 0 Å². The predicted molar refractivity (Wildman–Crippen MR) is 81.1 cm³/mol. The fourth-order valence-corrected chi connectivity index (χ4v) is 1.78. The zero-order valence-electron chi connectivity index (χ0n) is 13.0. The van der Waals surface area contributed by atoms with E-state index in [9.17, 15) is 0 Å². The summed E-state index contributed by atoms with van der Waals surface area (Å²) in [6.07, 6.45) is 1.17. The fourth-order valence-electron chi connectivity index (χ4n) is 1.78. The lowest BCUT2D eigenvalue weighted by Gasteiger charge is -2.23. The summed E-state index contributed by atoms with van der Waals surface area (Å²) in [6.45, 7) is 11.3. The summed E-state index contributed by atoms with van der Waals surface area (Å²) in [5.41, 5.74) is 2.28. The van der Waals surface area contributed by atoms with Crippen molar-refractivity contribution in [3.8, 4) is 5.75 Å². The highest BCUT2D eigenvalue weighted by Crippen LogP contribution is 2.23. The number of aryl methyl sites for hydroxylation is 1. The van der Waals surface area contributed by atoms with Gasteiger partial charge in [0.1, 0.15) is 5.75 Å². The molecule has 0 spiro atoms. The van der Waals surface area contributed by atoms with Gasteiger partial charge in [0.25, 0.3) is 0 Å². The number of hydrogen-bond donors (Lipinski definition) is 1. The smallest absolute Gasteiger partial charge is 0.120 e. The minimum Gasteiger partial charge on any atom is -0.491 e. The van der Waals surface area contributed by atoms with Gasteiger partial charge in [0.05, 0.1) is 11.7 Å². The molecule has 3 heteroatoms. The summed E-state index contributed by atoms with van der Waals surface area (Å²) in [7, 11) is 1.75. The summed E-state index contributed by atoms with van der Waals surface area (Å²) in [6, 6.07) is 6.16. The maximum Gasteiger partial charge on any atom is 0.120 e. The van der Waals surface area contributed by atoms with Crippen LogP contribution in [0.1, 0.15) is 39.7 Å². The van der Waals surface area contributed by atoms with Gasteiger partial charge in [-0.3, -0.25) is 0 Å². The molecule has 1 aromatic carbocycles. The third-order valence-corrected chi connectivity index (χ3v) is 3.16. The molecule has 0 aromatic heterocycles. The first-order valence-electron chi connectivity index (χ1n) is 6.90. The van der Waals surface area contributed by atoms with Crippen LogP contribution in [0.3, 0.4) is 0 Å². The van der Waals surface area contributed by atoms with E-state index in [-0.39, 0.29) is 11.7 Å². The second kappa shape index (κ2) is 6.80. The Morgan fingerprint density at radius 1 is 1.26 bits per heavy atom. The van der Waals surface area contributed by atoms with Crippen LogP contribution in [0.2, 0.25) is 0 Å². The van der Waals surface area contributed by atoms with Crippen molar-refractivity contribution in [3.05, 3.63) is 23.8 Å². The minimum absolute atomic E-state index is 0.0817. The van der Waals surface area contributed by atoms with Gasteiger partial charge in [0.2, 0.25) is 0 Å². The van der Waals surface area contributed by atoms with Crippen molar-refractivity contribution >= 4 is 5.69 Å². The van der Waals surface area contributed by atoms with Crippen LogP contribution in [0.5, 0.6) is 5.75 Å². The van der Waals surface area contributed by atoms with Crippen molar-refractivity contribution in [2.24, 2.45) is 0 Å². The molecule has 0 aliphatic rings. The van der Waals surface area contributed by atoms with Crippen LogP contribution in [0.4, 0.5) is 5.69 Å². The van der Waals surface area contributed by atoms with Crippen molar-refractivity contribution in [1.82, 2.24) is 0 Å². The normalized spacial score (nSPS) is 11.7. The predicted octanol–water partition coefficient (Wildman–Crippen LogP) is 4.01. The van der Waals surface area contributed by atoms with E-state index >= 15 is 0 Å². The standard InChI is InChI=1S/C16H27NO2/c1-12(2)19-14-7-8-15(13(3)11-14)17-10-9-16(4,5)18-6/h7-8,11-12,17H,9-10H2,1-6H3. The van der Waals surface area contributed by atoms with Gasteiger partial charge in [-0.05, 0) is 64.8 Å². The van der Waals surface area contributed by atoms with Crippen LogP contribution in [0.15, 0.2) is 18.2 Å². The number of hydrogen-bond acceptors (Lipinski definition) is 3. The fraction of sp³-hybridized carbons (Fsp3) is 0.625. The molecule has 0 radical (unpaired) electrons. The highest BCUT2D eigenvalue weighted by Gasteiger charge is 2.15. The van der Waals surface area contributed by atoms with E-state index in [2.05, 4.69) is 38.2 Å². The van der Waals surface area contributed by atoms with Crippen LogP contribution in [-0.2, 0) is 4.74 Å². The first-order valence-corrected chi connectivity index (χ1v) is 6.90. The molecule has 0 aliphatic heterocycles. The van der Waals surface area contributed by atoms with Gasteiger partial charge in [-0.2, -0.15) is 0 Å². The molecular weight excluding hydrogens is 238 g/mol. The molecule has 0 unspecified atom stereocenters. The Hall–Kier alpha value is -1.22. The number of nitrogens with one attached hydrogen (secondary N) is 1. The third-order valence-electron chi connectivity index (χ3n) is 3.16. The zero-order chi connectivity index (χ0) is 14.5. The number of rotatable bonds is 7. The van der Waals surface area contributed by atoms with E-state index in [4.69, 9.17) is 9.47 Å². The largest absolute Gasteiger partial charge is 0.491 e. The molecule has 0 atom stereocenters. The molecular formula is C16H27NO2. The van der Waals surface area contributed by atoms with Gasteiger partial charge >= 0.3 is 0 Å². The van der Waals surface area contributed by atoms with Crippen LogP contribution in [-0.4, -0.2) is 25.4 Å². The highest BCUT2D eigenvalue weighted by atomic mass is 16.5. The Balaban J connectivity index is 2.55. The Morgan fingerprint density at radius 2 is 1.95 bits per heavy atom. The molecule has 1 rings (SSSR count). The highest BCUT2D eigenvalue weighted by molar-refractivity contribution is 5.53. The molecule has 1 N–H and O–H groups in total. The maximum absolute atomic E-state index is 5.68. The number of anilines is 1. The Morgan fingerprint density at radius 3 is 2.47 bits per heavy atom. The maximum atomic E-state index is 5.68.